The minimum Gasteiger partial charge on any atom is -0.441 e. The number of aryl methyl sites for hydroxylation is 1. The molecule has 1 aromatic carbocycles. The van der Waals surface area contributed by atoms with Gasteiger partial charge in [-0.15, -0.1) is 0 Å². The maximum atomic E-state index is 11.9. The highest BCUT2D eigenvalue weighted by Crippen LogP contribution is 2.24. The average Bonchev–Trinajstić information content (AvgIpc) is 2.56. The lowest BCUT2D eigenvalue weighted by Crippen LogP contribution is -2.20. The zero-order valence-electron chi connectivity index (χ0n) is 10.6. The van der Waals surface area contributed by atoms with Gasteiger partial charge in [0.15, 0.2) is 11.5 Å². The van der Waals surface area contributed by atoms with Crippen molar-refractivity contribution in [2.24, 2.45) is 5.92 Å². The number of oxazole rings is 1. The van der Waals surface area contributed by atoms with E-state index >= 15 is 0 Å². The van der Waals surface area contributed by atoms with Crippen molar-refractivity contribution in [1.82, 2.24) is 4.98 Å². The molecule has 2 rings (SSSR count). The summed E-state index contributed by atoms with van der Waals surface area (Å²) in [4.78, 5) is 4.18. The van der Waals surface area contributed by atoms with Crippen LogP contribution in [0, 0.1) is 12.8 Å². The molecule has 6 heteroatoms. The number of benzene rings is 1. The van der Waals surface area contributed by atoms with Crippen molar-refractivity contribution in [2.75, 3.05) is 10.5 Å². The lowest BCUT2D eigenvalue weighted by atomic mass is 10.3. The van der Waals surface area contributed by atoms with Crippen LogP contribution in [-0.4, -0.2) is 19.2 Å². The molecule has 0 saturated heterocycles. The van der Waals surface area contributed by atoms with E-state index in [4.69, 9.17) is 4.42 Å². The molecule has 1 heterocycles. The van der Waals surface area contributed by atoms with E-state index in [2.05, 4.69) is 9.71 Å². The molecule has 0 amide bonds. The first kappa shape index (κ1) is 12.9. The molecule has 0 bridgehead atoms. The van der Waals surface area contributed by atoms with Crippen LogP contribution in [-0.2, 0) is 10.0 Å². The van der Waals surface area contributed by atoms with Crippen molar-refractivity contribution < 1.29 is 12.8 Å². The van der Waals surface area contributed by atoms with Crippen molar-refractivity contribution in [3.05, 3.63) is 24.1 Å². The Morgan fingerprint density at radius 3 is 2.78 bits per heavy atom. The molecule has 0 atom stereocenters. The van der Waals surface area contributed by atoms with E-state index in [1.54, 1.807) is 25.1 Å². The molecule has 98 valence electrons. The highest BCUT2D eigenvalue weighted by Gasteiger charge is 2.16. The smallest absolute Gasteiger partial charge is 0.233 e. The minimum atomic E-state index is -3.35. The Labute approximate surface area is 106 Å². The van der Waals surface area contributed by atoms with Gasteiger partial charge in [0.25, 0.3) is 0 Å². The van der Waals surface area contributed by atoms with E-state index in [-0.39, 0.29) is 11.7 Å². The molecule has 0 aliphatic carbocycles. The summed E-state index contributed by atoms with van der Waals surface area (Å²) < 4.78 is 31.7. The minimum absolute atomic E-state index is 0.0701. The van der Waals surface area contributed by atoms with Crippen molar-refractivity contribution in [3.8, 4) is 0 Å². The number of hydrogen-bond donors (Lipinski definition) is 1. The van der Waals surface area contributed by atoms with Crippen molar-refractivity contribution in [1.29, 1.82) is 0 Å². The molecule has 18 heavy (non-hydrogen) atoms. The number of rotatable bonds is 4. The van der Waals surface area contributed by atoms with Gasteiger partial charge in [-0.05, 0) is 18.1 Å². The van der Waals surface area contributed by atoms with Crippen LogP contribution in [0.3, 0.4) is 0 Å². The molecule has 0 fully saturated rings. The number of aromatic nitrogens is 1. The number of sulfonamides is 1. The highest BCUT2D eigenvalue weighted by molar-refractivity contribution is 7.92. The van der Waals surface area contributed by atoms with Gasteiger partial charge in [-0.2, -0.15) is 0 Å². The van der Waals surface area contributed by atoms with E-state index in [1.807, 2.05) is 13.8 Å². The van der Waals surface area contributed by atoms with Crippen LogP contribution in [0.15, 0.2) is 22.6 Å². The normalized spacial score (nSPS) is 12.2. The predicted octanol–water partition coefficient (Wildman–Crippen LogP) is 2.53. The van der Waals surface area contributed by atoms with Crippen molar-refractivity contribution in [3.63, 3.8) is 0 Å². The number of nitrogens with one attached hydrogen (secondary N) is 1. The molecular formula is C12H16N2O3S. The second-order valence-corrected chi connectivity index (χ2v) is 6.43. The van der Waals surface area contributed by atoms with Gasteiger partial charge >= 0.3 is 0 Å². The molecule has 0 spiro atoms. The summed E-state index contributed by atoms with van der Waals surface area (Å²) in [6, 6.07) is 5.18. The summed E-state index contributed by atoms with van der Waals surface area (Å²) in [6.07, 6.45) is 0. The zero-order valence-corrected chi connectivity index (χ0v) is 11.4. The van der Waals surface area contributed by atoms with Gasteiger partial charge in [-0.3, -0.25) is 4.72 Å². The van der Waals surface area contributed by atoms with Crippen LogP contribution in [0.25, 0.3) is 11.1 Å². The molecule has 0 unspecified atom stereocenters. The Bertz CT molecular complexity index is 659. The molecular weight excluding hydrogens is 252 g/mol. The second-order valence-electron chi connectivity index (χ2n) is 4.66. The topological polar surface area (TPSA) is 72.2 Å². The zero-order chi connectivity index (χ0) is 13.3. The predicted molar refractivity (Wildman–Crippen MR) is 71.0 cm³/mol. The summed E-state index contributed by atoms with van der Waals surface area (Å²) in [5.74, 6) is 0.668. The molecule has 0 aliphatic heterocycles. The number of para-hydroxylation sites is 1. The van der Waals surface area contributed by atoms with Crippen LogP contribution < -0.4 is 4.72 Å². The Kier molecular flexibility index (Phi) is 3.30. The Morgan fingerprint density at radius 2 is 2.11 bits per heavy atom. The molecule has 0 radical (unpaired) electrons. The lowest BCUT2D eigenvalue weighted by molar-refractivity contribution is 0.561. The van der Waals surface area contributed by atoms with Crippen LogP contribution in [0.5, 0.6) is 0 Å². The Balaban J connectivity index is 2.37. The summed E-state index contributed by atoms with van der Waals surface area (Å²) >= 11 is 0. The standard InChI is InChI=1S/C12H16N2O3S/c1-8(2)7-18(15,16)14-10-5-4-6-11-12(10)13-9(3)17-11/h4-6,8,14H,7H2,1-3H3. The third-order valence-corrected chi connectivity index (χ3v) is 3.98. The second kappa shape index (κ2) is 4.61. The lowest BCUT2D eigenvalue weighted by Gasteiger charge is -2.09. The molecule has 0 saturated carbocycles. The van der Waals surface area contributed by atoms with Crippen LogP contribution in [0.1, 0.15) is 19.7 Å². The van der Waals surface area contributed by atoms with Crippen LogP contribution >= 0.6 is 0 Å². The quantitative estimate of drug-likeness (QED) is 0.924. The molecule has 1 aromatic heterocycles. The van der Waals surface area contributed by atoms with Gasteiger partial charge in [-0.25, -0.2) is 13.4 Å². The monoisotopic (exact) mass is 268 g/mol. The summed E-state index contributed by atoms with van der Waals surface area (Å²) in [5, 5.41) is 0. The summed E-state index contributed by atoms with van der Waals surface area (Å²) in [5.41, 5.74) is 1.59. The summed E-state index contributed by atoms with van der Waals surface area (Å²) in [6.45, 7) is 5.45. The van der Waals surface area contributed by atoms with E-state index < -0.39 is 10.0 Å². The molecule has 1 N–H and O–H groups in total. The molecule has 2 aromatic rings. The number of anilines is 1. The van der Waals surface area contributed by atoms with Gasteiger partial charge in [-0.1, -0.05) is 19.9 Å². The fourth-order valence-corrected chi connectivity index (χ4v) is 3.25. The first-order chi connectivity index (χ1) is 8.37. The third-order valence-electron chi connectivity index (χ3n) is 2.34. The van der Waals surface area contributed by atoms with Gasteiger partial charge < -0.3 is 4.42 Å². The first-order valence-electron chi connectivity index (χ1n) is 5.74. The third kappa shape index (κ3) is 2.81. The van der Waals surface area contributed by atoms with Crippen LogP contribution in [0.4, 0.5) is 5.69 Å². The molecule has 0 aliphatic rings. The maximum Gasteiger partial charge on any atom is 0.233 e. The molecule has 5 nitrogen and oxygen atoms in total. The Morgan fingerprint density at radius 1 is 1.39 bits per heavy atom. The number of fused-ring (bicyclic) bond motifs is 1. The van der Waals surface area contributed by atoms with E-state index in [9.17, 15) is 8.42 Å². The maximum absolute atomic E-state index is 11.9. The SMILES string of the molecule is Cc1nc2c(NS(=O)(=O)CC(C)C)cccc2o1. The fourth-order valence-electron chi connectivity index (χ4n) is 1.79. The van der Waals surface area contributed by atoms with Gasteiger partial charge in [0.1, 0.15) is 5.52 Å². The van der Waals surface area contributed by atoms with Gasteiger partial charge in [0.2, 0.25) is 10.0 Å². The number of hydrogen-bond acceptors (Lipinski definition) is 4. The fraction of sp³-hybridized carbons (Fsp3) is 0.417. The summed E-state index contributed by atoms with van der Waals surface area (Å²) in [7, 11) is -3.35. The first-order valence-corrected chi connectivity index (χ1v) is 7.39. The largest absolute Gasteiger partial charge is 0.441 e. The van der Waals surface area contributed by atoms with Gasteiger partial charge in [0, 0.05) is 6.92 Å². The van der Waals surface area contributed by atoms with E-state index in [0.29, 0.717) is 22.7 Å². The average molecular weight is 268 g/mol. The highest BCUT2D eigenvalue weighted by atomic mass is 32.2. The Hall–Kier alpha value is -1.56. The number of nitrogens with zero attached hydrogens (tertiary/aromatic N) is 1. The van der Waals surface area contributed by atoms with Crippen LogP contribution in [0.2, 0.25) is 0 Å². The van der Waals surface area contributed by atoms with Crippen molar-refractivity contribution >= 4 is 26.8 Å². The van der Waals surface area contributed by atoms with E-state index in [1.165, 1.54) is 0 Å². The van der Waals surface area contributed by atoms with Crippen molar-refractivity contribution in [2.45, 2.75) is 20.8 Å². The van der Waals surface area contributed by atoms with Gasteiger partial charge in [0.05, 0.1) is 11.4 Å². The van der Waals surface area contributed by atoms with E-state index in [0.717, 1.165) is 0 Å².